The second kappa shape index (κ2) is 11.7. The Balaban J connectivity index is 0.00000341. The summed E-state index contributed by atoms with van der Waals surface area (Å²) in [4.78, 5) is 22.1. The molecule has 0 aliphatic carbocycles. The Morgan fingerprint density at radius 1 is 1.13 bits per heavy atom. The molecule has 0 saturated carbocycles. The quantitative estimate of drug-likeness (QED) is 0.322. The summed E-state index contributed by atoms with van der Waals surface area (Å²) in [5.74, 6) is 0.514. The number of nitrogens with one attached hydrogen (secondary N) is 2. The predicted molar refractivity (Wildman–Crippen MR) is 126 cm³/mol. The third-order valence-electron chi connectivity index (χ3n) is 4.78. The van der Waals surface area contributed by atoms with Crippen molar-refractivity contribution in [2.45, 2.75) is 38.5 Å². The average Bonchev–Trinajstić information content (AvgIpc) is 3.24. The van der Waals surface area contributed by atoms with E-state index in [4.69, 9.17) is 0 Å². The minimum Gasteiger partial charge on any atom is -0.352 e. The molecule has 0 radical (unpaired) electrons. The molecule has 2 N–H and O–H groups in total. The number of nitrogens with zero attached hydrogens (tertiary/aromatic N) is 3. The van der Waals surface area contributed by atoms with Crippen LogP contribution in [0.3, 0.4) is 0 Å². The van der Waals surface area contributed by atoms with Crippen LogP contribution in [0.2, 0.25) is 0 Å². The Labute approximate surface area is 200 Å². The van der Waals surface area contributed by atoms with Crippen LogP contribution < -0.4 is 10.6 Å². The number of carbonyl (C=O) groups excluding carboxylic acids is 1. The molecule has 0 atom stereocenters. The molecule has 0 spiro atoms. The Bertz CT molecular complexity index is 880. The number of likely N-dealkylation sites (tertiary alicyclic amines) is 1. The summed E-state index contributed by atoms with van der Waals surface area (Å²) >= 11 is 0.947. The molecule has 1 aliphatic heterocycles. The van der Waals surface area contributed by atoms with E-state index in [1.165, 1.54) is 6.42 Å². The summed E-state index contributed by atoms with van der Waals surface area (Å²) in [6, 6.07) is 7.40. The number of carbonyl (C=O) groups is 1. The molecule has 1 aromatic heterocycles. The zero-order valence-electron chi connectivity index (χ0n) is 17.0. The normalized spacial score (nSPS) is 14.7. The van der Waals surface area contributed by atoms with E-state index in [1.807, 2.05) is 29.2 Å². The fourth-order valence-electron chi connectivity index (χ4n) is 3.13. The zero-order chi connectivity index (χ0) is 21.6. The molecule has 6 nitrogen and oxygen atoms in total. The first kappa shape index (κ1) is 25.4. The van der Waals surface area contributed by atoms with Crippen LogP contribution in [0, 0.1) is 0 Å². The van der Waals surface area contributed by atoms with Gasteiger partial charge >= 0.3 is 6.18 Å². The Hall–Kier alpha value is -1.89. The molecule has 1 aromatic carbocycles. The summed E-state index contributed by atoms with van der Waals surface area (Å²) in [7, 11) is 1.58. The van der Waals surface area contributed by atoms with Gasteiger partial charge < -0.3 is 15.5 Å². The zero-order valence-corrected chi connectivity index (χ0v) is 20.2. The first-order chi connectivity index (χ1) is 14.4. The lowest BCUT2D eigenvalue weighted by atomic mass is 10.1. The van der Waals surface area contributed by atoms with Crippen molar-refractivity contribution in [3.05, 3.63) is 51.5 Å². The van der Waals surface area contributed by atoms with Gasteiger partial charge in [0.2, 0.25) is 0 Å². The van der Waals surface area contributed by atoms with Crippen molar-refractivity contribution in [3.63, 3.8) is 0 Å². The smallest absolute Gasteiger partial charge is 0.352 e. The highest BCUT2D eigenvalue weighted by atomic mass is 127. The highest BCUT2D eigenvalue weighted by Crippen LogP contribution is 2.29. The number of piperidine rings is 1. The Morgan fingerprint density at radius 3 is 2.35 bits per heavy atom. The number of halogens is 4. The molecule has 11 heteroatoms. The van der Waals surface area contributed by atoms with Crippen molar-refractivity contribution in [2.75, 3.05) is 20.1 Å². The molecule has 1 amide bonds. The highest BCUT2D eigenvalue weighted by Gasteiger charge is 2.33. The molecule has 1 saturated heterocycles. The van der Waals surface area contributed by atoms with Crippen LogP contribution >= 0.6 is 35.3 Å². The summed E-state index contributed by atoms with van der Waals surface area (Å²) in [6.07, 6.45) is -1.15. The van der Waals surface area contributed by atoms with Gasteiger partial charge in [0.25, 0.3) is 5.91 Å². The summed E-state index contributed by atoms with van der Waals surface area (Å²) in [6.45, 7) is 2.23. The largest absolute Gasteiger partial charge is 0.434 e. The maximum Gasteiger partial charge on any atom is 0.434 e. The van der Waals surface area contributed by atoms with Crippen LogP contribution in [0.5, 0.6) is 0 Å². The first-order valence-corrected chi connectivity index (χ1v) is 10.6. The second-order valence-electron chi connectivity index (χ2n) is 6.95. The minimum atomic E-state index is -4.43. The van der Waals surface area contributed by atoms with E-state index in [2.05, 4.69) is 20.6 Å². The van der Waals surface area contributed by atoms with E-state index < -0.39 is 11.9 Å². The molecule has 1 fully saturated rings. The number of aliphatic imine (C=N–C) groups is 1. The molecule has 3 rings (SSSR count). The number of alkyl halides is 3. The lowest BCUT2D eigenvalue weighted by molar-refractivity contribution is -0.140. The van der Waals surface area contributed by atoms with Crippen LogP contribution in [0.1, 0.15) is 45.9 Å². The molecule has 0 bridgehead atoms. The molecular weight excluding hydrogens is 542 g/mol. The summed E-state index contributed by atoms with van der Waals surface area (Å²) < 4.78 is 37.9. The molecule has 1 aliphatic rings. The summed E-state index contributed by atoms with van der Waals surface area (Å²) in [5.41, 5.74) is 0.751. The van der Waals surface area contributed by atoms with Crippen molar-refractivity contribution in [1.29, 1.82) is 0 Å². The van der Waals surface area contributed by atoms with Crippen molar-refractivity contribution in [1.82, 2.24) is 20.5 Å². The Kier molecular flexibility index (Phi) is 9.54. The van der Waals surface area contributed by atoms with Crippen molar-refractivity contribution in [2.24, 2.45) is 4.99 Å². The van der Waals surface area contributed by atoms with E-state index in [1.54, 1.807) is 7.05 Å². The monoisotopic (exact) mass is 567 g/mol. The number of benzene rings is 1. The van der Waals surface area contributed by atoms with E-state index in [-0.39, 0.29) is 36.4 Å². The van der Waals surface area contributed by atoms with E-state index >= 15 is 0 Å². The number of hydrogen-bond acceptors (Lipinski definition) is 4. The third-order valence-corrected chi connectivity index (χ3v) is 5.63. The van der Waals surface area contributed by atoms with Gasteiger partial charge in [0.1, 0.15) is 5.01 Å². The number of amides is 1. The average molecular weight is 567 g/mol. The van der Waals surface area contributed by atoms with Gasteiger partial charge in [0, 0.05) is 37.6 Å². The minimum absolute atomic E-state index is 0. The maximum atomic E-state index is 12.6. The molecule has 31 heavy (non-hydrogen) atoms. The number of rotatable bonds is 5. The lowest BCUT2D eigenvalue weighted by Crippen LogP contribution is -2.36. The van der Waals surface area contributed by atoms with Crippen LogP contribution in [0.25, 0.3) is 0 Å². The maximum absolute atomic E-state index is 12.6. The molecular formula is C20H25F3IN5OS. The standard InChI is InChI=1S/C20H24F3N5OS.HI/c1-24-19(26-12-17-27-16(13-30-17)20(21,22)23)25-11-14-5-7-15(8-6-14)18(29)28-9-3-2-4-10-28;/h5-8,13H,2-4,9-12H2,1H3,(H2,24,25,26);1H. The van der Waals surface area contributed by atoms with Crippen molar-refractivity contribution >= 4 is 47.2 Å². The number of aromatic nitrogens is 1. The van der Waals surface area contributed by atoms with E-state index in [9.17, 15) is 18.0 Å². The number of thiazole rings is 1. The van der Waals surface area contributed by atoms with Crippen LogP contribution in [0.15, 0.2) is 34.6 Å². The van der Waals surface area contributed by atoms with Gasteiger partial charge in [-0.2, -0.15) is 13.2 Å². The van der Waals surface area contributed by atoms with Gasteiger partial charge in [-0.3, -0.25) is 9.79 Å². The van der Waals surface area contributed by atoms with Gasteiger partial charge in [0.15, 0.2) is 11.7 Å². The molecule has 170 valence electrons. The summed E-state index contributed by atoms with van der Waals surface area (Å²) in [5, 5.41) is 7.38. The van der Waals surface area contributed by atoms with Crippen LogP contribution in [-0.4, -0.2) is 41.9 Å². The Morgan fingerprint density at radius 2 is 1.77 bits per heavy atom. The van der Waals surface area contributed by atoms with Gasteiger partial charge in [-0.1, -0.05) is 12.1 Å². The second-order valence-corrected chi connectivity index (χ2v) is 7.90. The van der Waals surface area contributed by atoms with Crippen LogP contribution in [0.4, 0.5) is 13.2 Å². The van der Waals surface area contributed by atoms with Gasteiger partial charge in [-0.25, -0.2) is 4.98 Å². The SMILES string of the molecule is CN=C(NCc1ccc(C(=O)N2CCCCC2)cc1)NCc1nc(C(F)(F)F)cs1.I. The topological polar surface area (TPSA) is 69.6 Å². The fraction of sp³-hybridized carbons (Fsp3) is 0.450. The third kappa shape index (κ3) is 7.34. The number of hydrogen-bond donors (Lipinski definition) is 2. The number of guanidine groups is 1. The predicted octanol–water partition coefficient (Wildman–Crippen LogP) is 4.27. The van der Waals surface area contributed by atoms with E-state index in [0.717, 1.165) is 48.2 Å². The highest BCUT2D eigenvalue weighted by molar-refractivity contribution is 14.0. The molecule has 0 unspecified atom stereocenters. The molecule has 2 aromatic rings. The van der Waals surface area contributed by atoms with Crippen molar-refractivity contribution in [3.8, 4) is 0 Å². The lowest BCUT2D eigenvalue weighted by Gasteiger charge is -2.26. The van der Waals surface area contributed by atoms with Gasteiger partial charge in [0.05, 0.1) is 6.54 Å². The molecule has 2 heterocycles. The van der Waals surface area contributed by atoms with Gasteiger partial charge in [-0.15, -0.1) is 35.3 Å². The fourth-order valence-corrected chi connectivity index (χ4v) is 3.87. The van der Waals surface area contributed by atoms with E-state index in [0.29, 0.717) is 23.1 Å². The van der Waals surface area contributed by atoms with Gasteiger partial charge in [-0.05, 0) is 37.0 Å². The van der Waals surface area contributed by atoms with Crippen molar-refractivity contribution < 1.29 is 18.0 Å². The van der Waals surface area contributed by atoms with Crippen LogP contribution in [-0.2, 0) is 19.3 Å². The first-order valence-electron chi connectivity index (χ1n) is 9.71.